The number of carboxylic acid groups (broad SMARTS) is 1. The molecule has 1 aromatic carbocycles. The predicted octanol–water partition coefficient (Wildman–Crippen LogP) is 3.24. The molecule has 2 rings (SSSR count). The minimum atomic E-state index is -0.955. The summed E-state index contributed by atoms with van der Waals surface area (Å²) in [5.41, 5.74) is 2.01. The van der Waals surface area contributed by atoms with E-state index in [1.165, 1.54) is 6.20 Å². The molecule has 1 aromatic heterocycles. The Hall–Kier alpha value is -2.34. The first-order chi connectivity index (χ1) is 11.3. The van der Waals surface area contributed by atoms with Crippen LogP contribution in [-0.2, 0) is 4.79 Å². The van der Waals surface area contributed by atoms with Crippen molar-refractivity contribution in [2.24, 2.45) is 0 Å². The Bertz CT molecular complexity index is 738. The van der Waals surface area contributed by atoms with Gasteiger partial charge in [-0.1, -0.05) is 25.4 Å². The van der Waals surface area contributed by atoms with Crippen molar-refractivity contribution < 1.29 is 14.7 Å². The zero-order chi connectivity index (χ0) is 17.9. The molecule has 0 aliphatic rings. The summed E-state index contributed by atoms with van der Waals surface area (Å²) in [5.74, 6) is -1.23. The normalized spacial score (nSPS) is 12.2. The third kappa shape index (κ3) is 4.14. The molecule has 0 radical (unpaired) electrons. The lowest BCUT2D eigenvalue weighted by atomic mass is 10.0. The summed E-state index contributed by atoms with van der Waals surface area (Å²) >= 11 is 5.91. The Morgan fingerprint density at radius 3 is 2.42 bits per heavy atom. The number of aliphatic carboxylic acids is 1. The number of hydrogen-bond donors (Lipinski definition) is 2. The number of halogens is 1. The van der Waals surface area contributed by atoms with Gasteiger partial charge in [0.25, 0.3) is 5.91 Å². The van der Waals surface area contributed by atoms with Crippen LogP contribution >= 0.6 is 11.6 Å². The van der Waals surface area contributed by atoms with E-state index in [0.29, 0.717) is 10.6 Å². The van der Waals surface area contributed by atoms with Gasteiger partial charge in [-0.3, -0.25) is 9.59 Å². The van der Waals surface area contributed by atoms with E-state index in [0.717, 1.165) is 11.4 Å². The molecular weight excluding hydrogens is 330 g/mol. The highest BCUT2D eigenvalue weighted by atomic mass is 35.5. The number of carboxylic acids is 1. The van der Waals surface area contributed by atoms with Crippen molar-refractivity contribution in [1.82, 2.24) is 15.1 Å². The second kappa shape index (κ2) is 7.49. The van der Waals surface area contributed by atoms with Crippen LogP contribution in [0.25, 0.3) is 5.69 Å². The van der Waals surface area contributed by atoms with Gasteiger partial charge in [-0.05, 0) is 37.1 Å². The molecule has 0 fully saturated rings. The van der Waals surface area contributed by atoms with Crippen molar-refractivity contribution in [3.05, 3.63) is 46.7 Å². The highest BCUT2D eigenvalue weighted by Crippen LogP contribution is 2.24. The Kier molecular flexibility index (Phi) is 5.62. The number of nitrogens with zero attached hydrogens (tertiary/aromatic N) is 2. The summed E-state index contributed by atoms with van der Waals surface area (Å²) < 4.78 is 1.71. The molecule has 7 heteroatoms. The Morgan fingerprint density at radius 2 is 1.88 bits per heavy atom. The summed E-state index contributed by atoms with van der Waals surface area (Å²) in [6, 6.07) is 6.72. The van der Waals surface area contributed by atoms with Crippen molar-refractivity contribution in [1.29, 1.82) is 0 Å². The maximum atomic E-state index is 12.5. The van der Waals surface area contributed by atoms with Crippen molar-refractivity contribution in [2.75, 3.05) is 0 Å². The average molecular weight is 350 g/mol. The lowest BCUT2D eigenvalue weighted by Gasteiger charge is -2.15. The molecule has 1 heterocycles. The number of carbonyl (C=O) groups is 2. The minimum Gasteiger partial charge on any atom is -0.481 e. The number of aromatic nitrogens is 2. The standard InChI is InChI=1S/C17H20ClN3O3/c1-10(2)16-14(17(24)20-11(3)8-15(22)23)9-19-21(16)13-6-4-12(18)5-7-13/h4-7,9-11H,8H2,1-3H3,(H,20,24)(H,22,23). The minimum absolute atomic E-state index is 0.0544. The summed E-state index contributed by atoms with van der Waals surface area (Å²) in [4.78, 5) is 23.2. The van der Waals surface area contributed by atoms with Crippen molar-refractivity contribution in [3.63, 3.8) is 0 Å². The zero-order valence-electron chi connectivity index (χ0n) is 13.8. The van der Waals surface area contributed by atoms with Gasteiger partial charge >= 0.3 is 5.97 Å². The van der Waals surface area contributed by atoms with Gasteiger partial charge in [-0.2, -0.15) is 5.10 Å². The molecule has 0 bridgehead atoms. The molecule has 0 saturated heterocycles. The third-order valence-corrected chi connectivity index (χ3v) is 3.78. The lowest BCUT2D eigenvalue weighted by Crippen LogP contribution is -2.34. The Morgan fingerprint density at radius 1 is 1.25 bits per heavy atom. The molecule has 1 unspecified atom stereocenters. The van der Waals surface area contributed by atoms with E-state index < -0.39 is 12.0 Å². The van der Waals surface area contributed by atoms with E-state index in [2.05, 4.69) is 10.4 Å². The number of carbonyl (C=O) groups excluding carboxylic acids is 1. The fourth-order valence-electron chi connectivity index (χ4n) is 2.49. The molecular formula is C17H20ClN3O3. The van der Waals surface area contributed by atoms with Gasteiger partial charge in [0.1, 0.15) is 0 Å². The van der Waals surface area contributed by atoms with E-state index in [4.69, 9.17) is 16.7 Å². The van der Waals surface area contributed by atoms with Crippen LogP contribution in [0.4, 0.5) is 0 Å². The van der Waals surface area contributed by atoms with Gasteiger partial charge in [0.2, 0.25) is 0 Å². The number of hydrogen-bond acceptors (Lipinski definition) is 3. The van der Waals surface area contributed by atoms with E-state index in [1.807, 2.05) is 26.0 Å². The first-order valence-electron chi connectivity index (χ1n) is 7.66. The van der Waals surface area contributed by atoms with E-state index in [1.54, 1.807) is 23.7 Å². The van der Waals surface area contributed by atoms with Crippen LogP contribution in [0.3, 0.4) is 0 Å². The maximum Gasteiger partial charge on any atom is 0.305 e. The van der Waals surface area contributed by atoms with Crippen molar-refractivity contribution in [3.8, 4) is 5.69 Å². The first-order valence-corrected chi connectivity index (χ1v) is 8.04. The quantitative estimate of drug-likeness (QED) is 0.838. The molecule has 2 N–H and O–H groups in total. The van der Waals surface area contributed by atoms with Gasteiger partial charge < -0.3 is 10.4 Å². The van der Waals surface area contributed by atoms with Crippen LogP contribution in [0.2, 0.25) is 5.02 Å². The number of nitrogens with one attached hydrogen (secondary N) is 1. The van der Waals surface area contributed by atoms with Crippen LogP contribution in [-0.4, -0.2) is 32.8 Å². The molecule has 0 saturated carbocycles. The molecule has 0 aliphatic carbocycles. The predicted molar refractivity (Wildman–Crippen MR) is 91.8 cm³/mol. The zero-order valence-corrected chi connectivity index (χ0v) is 14.5. The molecule has 1 atom stereocenters. The topological polar surface area (TPSA) is 84.2 Å². The van der Waals surface area contributed by atoms with Gasteiger partial charge in [-0.25, -0.2) is 4.68 Å². The average Bonchev–Trinajstić information content (AvgIpc) is 2.92. The second-order valence-electron chi connectivity index (χ2n) is 5.96. The number of amides is 1. The Labute approximate surface area is 145 Å². The highest BCUT2D eigenvalue weighted by molar-refractivity contribution is 6.30. The maximum absolute atomic E-state index is 12.5. The Balaban J connectivity index is 2.33. The smallest absolute Gasteiger partial charge is 0.305 e. The van der Waals surface area contributed by atoms with Crippen molar-refractivity contribution in [2.45, 2.75) is 39.2 Å². The number of rotatable bonds is 6. The van der Waals surface area contributed by atoms with Gasteiger partial charge in [0, 0.05) is 11.1 Å². The monoisotopic (exact) mass is 349 g/mol. The molecule has 0 aliphatic heterocycles. The SMILES string of the molecule is CC(CC(=O)O)NC(=O)c1cnn(-c2ccc(Cl)cc2)c1C(C)C. The van der Waals surface area contributed by atoms with E-state index in [9.17, 15) is 9.59 Å². The van der Waals surface area contributed by atoms with Crippen LogP contribution in [0, 0.1) is 0 Å². The molecule has 1 amide bonds. The summed E-state index contributed by atoms with van der Waals surface area (Å²) in [6.07, 6.45) is 1.38. The molecule has 6 nitrogen and oxygen atoms in total. The van der Waals surface area contributed by atoms with Gasteiger partial charge in [0.15, 0.2) is 0 Å². The number of benzene rings is 1. The highest BCUT2D eigenvalue weighted by Gasteiger charge is 2.22. The molecule has 0 spiro atoms. The first kappa shape index (κ1) is 18.0. The van der Waals surface area contributed by atoms with E-state index in [-0.39, 0.29) is 18.2 Å². The fourth-order valence-corrected chi connectivity index (χ4v) is 2.62. The van der Waals surface area contributed by atoms with Crippen LogP contribution in [0.1, 0.15) is 49.2 Å². The lowest BCUT2D eigenvalue weighted by molar-refractivity contribution is -0.137. The molecule has 128 valence electrons. The second-order valence-corrected chi connectivity index (χ2v) is 6.40. The fraction of sp³-hybridized carbons (Fsp3) is 0.353. The summed E-state index contributed by atoms with van der Waals surface area (Å²) in [6.45, 7) is 5.60. The third-order valence-electron chi connectivity index (χ3n) is 3.53. The summed E-state index contributed by atoms with van der Waals surface area (Å²) in [7, 11) is 0. The van der Waals surface area contributed by atoms with Crippen LogP contribution in [0.5, 0.6) is 0 Å². The van der Waals surface area contributed by atoms with Gasteiger partial charge in [0.05, 0.1) is 29.6 Å². The van der Waals surface area contributed by atoms with E-state index >= 15 is 0 Å². The molecule has 2 aromatic rings. The molecule has 24 heavy (non-hydrogen) atoms. The largest absolute Gasteiger partial charge is 0.481 e. The van der Waals surface area contributed by atoms with Crippen LogP contribution < -0.4 is 5.32 Å². The van der Waals surface area contributed by atoms with Gasteiger partial charge in [-0.15, -0.1) is 0 Å². The van der Waals surface area contributed by atoms with Crippen molar-refractivity contribution >= 4 is 23.5 Å². The summed E-state index contributed by atoms with van der Waals surface area (Å²) in [5, 5.41) is 16.5. The van der Waals surface area contributed by atoms with Crippen LogP contribution in [0.15, 0.2) is 30.5 Å².